The third-order valence-electron chi connectivity index (χ3n) is 24.5. The summed E-state index contributed by atoms with van der Waals surface area (Å²) < 4.78 is 17.7. The van der Waals surface area contributed by atoms with E-state index in [0.717, 1.165) is 116 Å². The Kier molecular flexibility index (Phi) is 14.6. The van der Waals surface area contributed by atoms with Gasteiger partial charge in [-0.1, -0.05) is 279 Å². The molecule has 8 heteroatoms. The highest BCUT2D eigenvalue weighted by molar-refractivity contribution is 7.25. The van der Waals surface area contributed by atoms with Crippen LogP contribution in [-0.2, 0) is 0 Å². The summed E-state index contributed by atoms with van der Waals surface area (Å²) >= 11 is 1.72. The Hall–Kier alpha value is -15.5. The van der Waals surface area contributed by atoms with Crippen LogP contribution in [0.1, 0.15) is 0 Å². The van der Waals surface area contributed by atoms with Gasteiger partial charge >= 0.3 is 0 Å². The first-order chi connectivity index (χ1) is 58.5. The first-order valence-corrected chi connectivity index (χ1v) is 41.1. The van der Waals surface area contributed by atoms with Gasteiger partial charge in [0.1, 0.15) is 27.2 Å². The van der Waals surface area contributed by atoms with Gasteiger partial charge in [-0.3, -0.25) is 4.57 Å². The standard InChI is InChI=1S/C56H34N2O.C54H32N4S/c1-3-14-35(15-4-1)39-27-29-53-45(30-39)46-33-52(58-50-28-26-36-16-9-10-21-41(36)55(50)47-31-37-17-7-8-18-38(37)32-51(47)58)44(34-54(46)59-53)42-23-13-25-49-56(42)43-22-11-12-24-48(43)57(49)40-19-5-2-6-20-40;1-3-14-33(15-4-1)38-26-27-41-49(32-38)59-54-52(41)55-53(51(56-54)42-23-13-25-46-50(42)40-22-11-12-24-45(40)57(46)39-20-5-2-6-21-39)58-47-30-36-18-9-7-16-34(36)28-43(47)44-29-35-17-8-10-19-37(35)31-48(44)58/h1-34H;1-32H. The van der Waals surface area contributed by atoms with E-state index < -0.39 is 0 Å². The quantitative estimate of drug-likeness (QED) is 0.152. The summed E-state index contributed by atoms with van der Waals surface area (Å²) in [5.41, 5.74) is 24.1. The van der Waals surface area contributed by atoms with Gasteiger partial charge in [-0.2, -0.15) is 0 Å². The van der Waals surface area contributed by atoms with Crippen molar-refractivity contribution < 1.29 is 4.42 Å². The second-order valence-corrected chi connectivity index (χ2v) is 32.1. The van der Waals surface area contributed by atoms with Crippen molar-refractivity contribution in [2.24, 2.45) is 0 Å². The van der Waals surface area contributed by atoms with Gasteiger partial charge in [0.25, 0.3) is 0 Å². The lowest BCUT2D eigenvalue weighted by Gasteiger charge is -2.16. The topological polar surface area (TPSA) is 58.6 Å². The second kappa shape index (κ2) is 26.0. The van der Waals surface area contributed by atoms with Gasteiger partial charge in [0.15, 0.2) is 5.82 Å². The van der Waals surface area contributed by atoms with Crippen molar-refractivity contribution in [3.05, 3.63) is 400 Å². The fourth-order valence-electron chi connectivity index (χ4n) is 19.3. The van der Waals surface area contributed by atoms with Gasteiger partial charge in [-0.05, 0) is 192 Å². The van der Waals surface area contributed by atoms with Gasteiger partial charge < -0.3 is 18.1 Å². The highest BCUT2D eigenvalue weighted by Gasteiger charge is 2.28. The van der Waals surface area contributed by atoms with Gasteiger partial charge in [-0.25, -0.2) is 9.97 Å². The molecule has 7 nitrogen and oxygen atoms in total. The maximum absolute atomic E-state index is 6.83. The van der Waals surface area contributed by atoms with Gasteiger partial charge in [-0.15, -0.1) is 11.3 Å². The molecule has 26 rings (SSSR count). The number of para-hydroxylation sites is 4. The molecule has 0 saturated carbocycles. The fraction of sp³-hybridized carbons (Fsp3) is 0. The zero-order chi connectivity index (χ0) is 77.2. The van der Waals surface area contributed by atoms with Crippen molar-refractivity contribution in [2.45, 2.75) is 0 Å². The predicted molar refractivity (Wildman–Crippen MR) is 498 cm³/mol. The highest BCUT2D eigenvalue weighted by atomic mass is 32.1. The summed E-state index contributed by atoms with van der Waals surface area (Å²) in [6.45, 7) is 0. The Morgan fingerprint density at radius 1 is 0.229 bits per heavy atom. The molecule has 0 unspecified atom stereocenters. The molecular formula is C110H66N6OS. The minimum atomic E-state index is 0.818. The average Bonchev–Trinajstić information content (AvgIpc) is 1.55. The van der Waals surface area contributed by atoms with E-state index in [1.165, 1.54) is 124 Å². The zero-order valence-electron chi connectivity index (χ0n) is 63.6. The van der Waals surface area contributed by atoms with Crippen LogP contribution in [0.2, 0.25) is 0 Å². The fourth-order valence-corrected chi connectivity index (χ4v) is 20.3. The number of hydrogen-bond acceptors (Lipinski definition) is 4. The average molecular weight is 1520 g/mol. The number of benzene rings is 19. The van der Waals surface area contributed by atoms with E-state index in [1.807, 2.05) is 0 Å². The van der Waals surface area contributed by atoms with E-state index in [9.17, 15) is 0 Å². The Morgan fingerprint density at radius 2 is 0.686 bits per heavy atom. The number of hydrogen-bond donors (Lipinski definition) is 0. The van der Waals surface area contributed by atoms with E-state index in [0.29, 0.717) is 0 Å². The second-order valence-electron chi connectivity index (χ2n) is 31.0. The molecule has 26 aromatic rings. The summed E-state index contributed by atoms with van der Waals surface area (Å²) in [5.74, 6) is 0.818. The minimum absolute atomic E-state index is 0.818. The van der Waals surface area contributed by atoms with Crippen LogP contribution in [0.5, 0.6) is 0 Å². The largest absolute Gasteiger partial charge is 0.456 e. The van der Waals surface area contributed by atoms with Crippen molar-refractivity contribution in [2.75, 3.05) is 0 Å². The maximum atomic E-state index is 6.83. The summed E-state index contributed by atoms with van der Waals surface area (Å²) in [7, 11) is 0. The summed E-state index contributed by atoms with van der Waals surface area (Å²) in [6.07, 6.45) is 0. The molecule has 19 aromatic carbocycles. The first kappa shape index (κ1) is 66.0. The smallest absolute Gasteiger partial charge is 0.165 e. The maximum Gasteiger partial charge on any atom is 0.165 e. The molecule has 0 saturated heterocycles. The molecule has 0 radical (unpaired) electrons. The molecule has 0 bridgehead atoms. The molecule has 0 N–H and O–H groups in total. The summed E-state index contributed by atoms with van der Waals surface area (Å²) in [4.78, 5) is 12.5. The Labute approximate surface area is 679 Å². The first-order valence-electron chi connectivity index (χ1n) is 40.2. The van der Waals surface area contributed by atoms with Crippen LogP contribution < -0.4 is 0 Å². The molecule has 0 fully saturated rings. The lowest BCUT2D eigenvalue weighted by atomic mass is 9.95. The molecule has 0 aliphatic heterocycles. The molecule has 7 heterocycles. The van der Waals surface area contributed by atoms with Crippen LogP contribution in [0.3, 0.4) is 0 Å². The summed E-state index contributed by atoms with van der Waals surface area (Å²) in [5, 5.41) is 22.7. The minimum Gasteiger partial charge on any atom is -0.456 e. The van der Waals surface area contributed by atoms with Crippen molar-refractivity contribution >= 4 is 184 Å². The van der Waals surface area contributed by atoms with Crippen LogP contribution >= 0.6 is 11.3 Å². The Balaban J connectivity index is 0.000000131. The van der Waals surface area contributed by atoms with Crippen LogP contribution in [0.4, 0.5) is 0 Å². The van der Waals surface area contributed by atoms with Crippen molar-refractivity contribution in [1.29, 1.82) is 0 Å². The molecule has 548 valence electrons. The zero-order valence-corrected chi connectivity index (χ0v) is 64.4. The van der Waals surface area contributed by atoms with E-state index in [2.05, 4.69) is 419 Å². The van der Waals surface area contributed by atoms with E-state index >= 15 is 0 Å². The predicted octanol–water partition coefficient (Wildman–Crippen LogP) is 30.1. The van der Waals surface area contributed by atoms with Gasteiger partial charge in [0.05, 0.1) is 49.8 Å². The highest BCUT2D eigenvalue weighted by Crippen LogP contribution is 2.50. The number of rotatable bonds is 8. The van der Waals surface area contributed by atoms with Crippen LogP contribution in [0, 0.1) is 0 Å². The molecule has 0 amide bonds. The monoisotopic (exact) mass is 1520 g/mol. The number of furan rings is 1. The van der Waals surface area contributed by atoms with Gasteiger partial charge in [0, 0.05) is 86.5 Å². The number of thiophene rings is 1. The van der Waals surface area contributed by atoms with Crippen LogP contribution in [0.15, 0.2) is 405 Å². The van der Waals surface area contributed by atoms with E-state index in [-0.39, 0.29) is 0 Å². The normalized spacial score (nSPS) is 12.1. The summed E-state index contributed by atoms with van der Waals surface area (Å²) in [6, 6.07) is 145. The lowest BCUT2D eigenvalue weighted by molar-refractivity contribution is 0.669. The number of nitrogens with zero attached hydrogens (tertiary/aromatic N) is 6. The molecule has 0 atom stereocenters. The molecule has 118 heavy (non-hydrogen) atoms. The van der Waals surface area contributed by atoms with E-state index in [1.54, 1.807) is 11.3 Å². The lowest BCUT2D eigenvalue weighted by Crippen LogP contribution is -2.03. The molecular weight excluding hydrogens is 1450 g/mol. The Morgan fingerprint density at radius 3 is 1.28 bits per heavy atom. The van der Waals surface area contributed by atoms with Crippen LogP contribution in [0.25, 0.3) is 240 Å². The third kappa shape index (κ3) is 10.1. The van der Waals surface area contributed by atoms with Crippen molar-refractivity contribution in [3.8, 4) is 67.5 Å². The van der Waals surface area contributed by atoms with Crippen molar-refractivity contribution in [1.82, 2.24) is 28.2 Å². The number of fused-ring (bicyclic) bond motifs is 23. The van der Waals surface area contributed by atoms with Crippen LogP contribution in [-0.4, -0.2) is 28.2 Å². The van der Waals surface area contributed by atoms with E-state index in [4.69, 9.17) is 14.4 Å². The van der Waals surface area contributed by atoms with Crippen molar-refractivity contribution in [3.63, 3.8) is 0 Å². The van der Waals surface area contributed by atoms with Gasteiger partial charge in [0.2, 0.25) is 0 Å². The molecule has 0 spiro atoms. The molecule has 0 aliphatic rings. The Bertz CT molecular complexity index is 8430. The third-order valence-corrected chi connectivity index (χ3v) is 25.6. The molecule has 0 aliphatic carbocycles. The SMILES string of the molecule is c1ccc(-c2ccc3c(c2)sc2nc(-c4cccc5c4c4ccccc4n5-c4ccccc4)c(-n4c5cc6ccccc6cc5c5cc6ccccc6cc54)nc23)cc1.c1ccc(-c2ccc3oc4cc(-c5cccc6c5c5ccccc5n6-c5ccccc5)c(-n5c6cc7ccccc7cc6c6c7ccccc7ccc65)cc4c3c2)cc1. The number of aromatic nitrogens is 6. The molecule has 7 aromatic heterocycles.